The summed E-state index contributed by atoms with van der Waals surface area (Å²) >= 11 is 5.79. The number of hydrogen-bond acceptors (Lipinski definition) is 3. The van der Waals surface area contributed by atoms with Crippen LogP contribution in [-0.2, 0) is 6.54 Å². The van der Waals surface area contributed by atoms with Crippen LogP contribution in [0.2, 0.25) is 5.02 Å². The van der Waals surface area contributed by atoms with Crippen molar-refractivity contribution in [2.45, 2.75) is 19.9 Å². The highest BCUT2D eigenvalue weighted by Crippen LogP contribution is 2.30. The van der Waals surface area contributed by atoms with Gasteiger partial charge in [0.1, 0.15) is 17.2 Å². The molecule has 1 aliphatic rings. The van der Waals surface area contributed by atoms with Crippen LogP contribution in [0.15, 0.2) is 36.4 Å². The van der Waals surface area contributed by atoms with E-state index in [-0.39, 0.29) is 17.3 Å². The van der Waals surface area contributed by atoms with Crippen LogP contribution in [0.1, 0.15) is 21.6 Å². The van der Waals surface area contributed by atoms with Crippen LogP contribution in [0.3, 0.4) is 0 Å². The van der Waals surface area contributed by atoms with Gasteiger partial charge in [0.25, 0.3) is 12.3 Å². The molecule has 1 aliphatic heterocycles. The molecular weight excluding hydrogens is 393 g/mol. The standard InChI is InChI=1S/C19H14ClF3N4O/c1-10-18(24-25-27(10)16-5-3-13(20)7-15(16)21)11-2-4-14-12(6-11)8-26(19(14)28)9-17(22)23/h2-7,17H,8-9H2,1H3. The molecule has 5 nitrogen and oxygen atoms in total. The lowest BCUT2D eigenvalue weighted by molar-refractivity contribution is 0.0577. The minimum Gasteiger partial charge on any atom is -0.329 e. The Labute approximate surface area is 163 Å². The van der Waals surface area contributed by atoms with Crippen molar-refractivity contribution in [2.75, 3.05) is 6.54 Å². The summed E-state index contributed by atoms with van der Waals surface area (Å²) in [7, 11) is 0. The minimum atomic E-state index is -2.59. The van der Waals surface area contributed by atoms with Gasteiger partial charge < -0.3 is 4.90 Å². The molecule has 1 aromatic heterocycles. The van der Waals surface area contributed by atoms with Gasteiger partial charge in [0, 0.05) is 22.7 Å². The van der Waals surface area contributed by atoms with Gasteiger partial charge in [-0.25, -0.2) is 17.9 Å². The van der Waals surface area contributed by atoms with Crippen LogP contribution in [0.4, 0.5) is 13.2 Å². The maximum Gasteiger partial charge on any atom is 0.255 e. The zero-order valence-electron chi connectivity index (χ0n) is 14.7. The van der Waals surface area contributed by atoms with Crippen molar-refractivity contribution >= 4 is 17.5 Å². The maximum absolute atomic E-state index is 14.2. The molecule has 4 rings (SSSR count). The lowest BCUT2D eigenvalue weighted by atomic mass is 10.0. The molecule has 2 heterocycles. The molecule has 0 radical (unpaired) electrons. The quantitative estimate of drug-likeness (QED) is 0.650. The smallest absolute Gasteiger partial charge is 0.255 e. The van der Waals surface area contributed by atoms with Crippen molar-refractivity contribution in [3.8, 4) is 16.9 Å². The first-order valence-corrected chi connectivity index (χ1v) is 8.81. The summed E-state index contributed by atoms with van der Waals surface area (Å²) in [6, 6.07) is 9.27. The van der Waals surface area contributed by atoms with E-state index in [2.05, 4.69) is 10.3 Å². The molecule has 144 valence electrons. The van der Waals surface area contributed by atoms with Crippen LogP contribution >= 0.6 is 11.6 Å². The van der Waals surface area contributed by atoms with Gasteiger partial charge in [-0.15, -0.1) is 5.10 Å². The van der Waals surface area contributed by atoms with E-state index in [1.54, 1.807) is 31.2 Å². The van der Waals surface area contributed by atoms with Crippen molar-refractivity contribution in [1.29, 1.82) is 0 Å². The Kier molecular flexibility index (Phi) is 4.58. The monoisotopic (exact) mass is 406 g/mol. The Bertz CT molecular complexity index is 1080. The van der Waals surface area contributed by atoms with E-state index in [0.717, 1.165) is 4.90 Å². The molecule has 28 heavy (non-hydrogen) atoms. The molecular formula is C19H14ClF3N4O. The van der Waals surface area contributed by atoms with Crippen LogP contribution in [0.5, 0.6) is 0 Å². The molecule has 9 heteroatoms. The van der Waals surface area contributed by atoms with Gasteiger partial charge >= 0.3 is 0 Å². The molecule has 0 N–H and O–H groups in total. The Hall–Kier alpha value is -2.87. The molecule has 0 bridgehead atoms. The number of carbonyl (C=O) groups is 1. The summed E-state index contributed by atoms with van der Waals surface area (Å²) in [6.07, 6.45) is -2.59. The normalized spacial score (nSPS) is 13.5. The van der Waals surface area contributed by atoms with Gasteiger partial charge in [-0.1, -0.05) is 22.9 Å². The topological polar surface area (TPSA) is 51.0 Å². The summed E-state index contributed by atoms with van der Waals surface area (Å²) in [6.45, 7) is 1.25. The maximum atomic E-state index is 14.2. The molecule has 0 spiro atoms. The van der Waals surface area contributed by atoms with Crippen molar-refractivity contribution < 1.29 is 18.0 Å². The summed E-state index contributed by atoms with van der Waals surface area (Å²) in [5.41, 5.74) is 3.03. The third-order valence-corrected chi connectivity index (χ3v) is 4.88. The van der Waals surface area contributed by atoms with E-state index in [1.807, 2.05) is 0 Å². The number of amides is 1. The Balaban J connectivity index is 1.69. The number of rotatable bonds is 4. The first-order chi connectivity index (χ1) is 13.3. The number of carbonyl (C=O) groups excluding carboxylic acids is 1. The average Bonchev–Trinajstić information content (AvgIpc) is 3.15. The molecule has 3 aromatic rings. The number of alkyl halides is 2. The zero-order valence-corrected chi connectivity index (χ0v) is 15.4. The second-order valence-electron chi connectivity index (χ2n) is 6.48. The van der Waals surface area contributed by atoms with Crippen molar-refractivity contribution in [3.05, 3.63) is 64.1 Å². The molecule has 0 fully saturated rings. The molecule has 0 saturated carbocycles. The first kappa shape index (κ1) is 18.5. The highest BCUT2D eigenvalue weighted by molar-refractivity contribution is 6.30. The van der Waals surface area contributed by atoms with Gasteiger partial charge in [0.15, 0.2) is 0 Å². The second kappa shape index (κ2) is 6.94. The van der Waals surface area contributed by atoms with Crippen LogP contribution in [0.25, 0.3) is 16.9 Å². The molecule has 1 amide bonds. The molecule has 2 aromatic carbocycles. The van der Waals surface area contributed by atoms with Crippen LogP contribution in [-0.4, -0.2) is 38.8 Å². The lowest BCUT2D eigenvalue weighted by Crippen LogP contribution is -2.29. The van der Waals surface area contributed by atoms with Gasteiger partial charge in [-0.05, 0) is 42.8 Å². The van der Waals surface area contributed by atoms with E-state index >= 15 is 0 Å². The highest BCUT2D eigenvalue weighted by Gasteiger charge is 2.29. The summed E-state index contributed by atoms with van der Waals surface area (Å²) < 4.78 is 40.9. The Morgan fingerprint density at radius 3 is 2.71 bits per heavy atom. The second-order valence-corrected chi connectivity index (χ2v) is 6.92. The summed E-state index contributed by atoms with van der Waals surface area (Å²) in [5.74, 6) is -0.945. The van der Waals surface area contributed by atoms with Gasteiger partial charge in [0.05, 0.1) is 12.2 Å². The van der Waals surface area contributed by atoms with Crippen LogP contribution in [0, 0.1) is 12.7 Å². The van der Waals surface area contributed by atoms with Gasteiger partial charge in [0.2, 0.25) is 0 Å². The fourth-order valence-corrected chi connectivity index (χ4v) is 3.48. The number of hydrogen-bond donors (Lipinski definition) is 0. The Morgan fingerprint density at radius 1 is 1.21 bits per heavy atom. The third kappa shape index (κ3) is 3.13. The molecule has 0 atom stereocenters. The van der Waals surface area contributed by atoms with E-state index in [4.69, 9.17) is 11.6 Å². The molecule has 0 unspecified atom stereocenters. The predicted octanol–water partition coefficient (Wildman–Crippen LogP) is 4.26. The average molecular weight is 407 g/mol. The Morgan fingerprint density at radius 2 is 2.00 bits per heavy atom. The third-order valence-electron chi connectivity index (χ3n) is 4.65. The SMILES string of the molecule is Cc1c(-c2ccc3c(c2)CN(CC(F)F)C3=O)nnn1-c1ccc(Cl)cc1F. The van der Waals surface area contributed by atoms with E-state index < -0.39 is 24.7 Å². The largest absolute Gasteiger partial charge is 0.329 e. The summed E-state index contributed by atoms with van der Waals surface area (Å²) in [5, 5.41) is 8.43. The number of fused-ring (bicyclic) bond motifs is 1. The highest BCUT2D eigenvalue weighted by atomic mass is 35.5. The predicted molar refractivity (Wildman–Crippen MR) is 97.2 cm³/mol. The number of nitrogens with zero attached hydrogens (tertiary/aromatic N) is 4. The van der Waals surface area contributed by atoms with Crippen molar-refractivity contribution in [3.63, 3.8) is 0 Å². The zero-order chi connectivity index (χ0) is 20.0. The fourth-order valence-electron chi connectivity index (χ4n) is 3.32. The fraction of sp³-hybridized carbons (Fsp3) is 0.211. The van der Waals surface area contributed by atoms with E-state index in [0.29, 0.717) is 28.1 Å². The van der Waals surface area contributed by atoms with Gasteiger partial charge in [-0.3, -0.25) is 4.79 Å². The number of halogens is 4. The van der Waals surface area contributed by atoms with Crippen LogP contribution < -0.4 is 0 Å². The lowest BCUT2D eigenvalue weighted by Gasteiger charge is -2.13. The van der Waals surface area contributed by atoms with E-state index in [1.165, 1.54) is 16.8 Å². The van der Waals surface area contributed by atoms with Crippen molar-refractivity contribution in [1.82, 2.24) is 19.9 Å². The number of benzene rings is 2. The minimum absolute atomic E-state index is 0.116. The summed E-state index contributed by atoms with van der Waals surface area (Å²) in [4.78, 5) is 13.3. The van der Waals surface area contributed by atoms with E-state index in [9.17, 15) is 18.0 Å². The number of aromatic nitrogens is 3. The molecule has 0 saturated heterocycles. The van der Waals surface area contributed by atoms with Gasteiger partial charge in [-0.2, -0.15) is 0 Å². The van der Waals surface area contributed by atoms with Crippen molar-refractivity contribution in [2.24, 2.45) is 0 Å². The first-order valence-electron chi connectivity index (χ1n) is 8.43. The molecule has 0 aliphatic carbocycles.